The van der Waals surface area contributed by atoms with Gasteiger partial charge in [0.25, 0.3) is 0 Å². The molecule has 1 aromatic rings. The number of benzene rings is 1. The maximum Gasteiger partial charge on any atom is 0.157 e. The molecule has 12 heavy (non-hydrogen) atoms. The van der Waals surface area contributed by atoms with Crippen LogP contribution < -0.4 is 5.46 Å². The quantitative estimate of drug-likeness (QED) is 0.458. The van der Waals surface area contributed by atoms with E-state index in [-0.39, 0.29) is 0 Å². The SMILES string of the molecule is CCCCCBc1ccccc1. The Kier molecular flexibility index (Phi) is 4.59. The molecule has 0 aliphatic carbocycles. The lowest BCUT2D eigenvalue weighted by Crippen LogP contribution is -2.12. The fourth-order valence-corrected chi connectivity index (χ4v) is 1.40. The molecule has 0 unspecified atom stereocenters. The van der Waals surface area contributed by atoms with Gasteiger partial charge < -0.3 is 0 Å². The smallest absolute Gasteiger partial charge is 0.0845 e. The molecule has 0 spiro atoms. The van der Waals surface area contributed by atoms with Crippen LogP contribution in [-0.4, -0.2) is 7.28 Å². The highest BCUT2D eigenvalue weighted by Crippen LogP contribution is 1.98. The van der Waals surface area contributed by atoms with E-state index >= 15 is 0 Å². The normalized spacial score (nSPS) is 9.75. The molecule has 0 saturated carbocycles. The summed E-state index contributed by atoms with van der Waals surface area (Å²) in [5, 5.41) is 0. The van der Waals surface area contributed by atoms with Crippen LogP contribution in [0.4, 0.5) is 0 Å². The molecule has 0 aliphatic rings. The second kappa shape index (κ2) is 5.88. The monoisotopic (exact) mass is 160 g/mol. The molecule has 0 N–H and O–H groups in total. The van der Waals surface area contributed by atoms with Gasteiger partial charge in [0.2, 0.25) is 0 Å². The third-order valence-corrected chi connectivity index (χ3v) is 2.16. The zero-order chi connectivity index (χ0) is 8.65. The van der Waals surface area contributed by atoms with Gasteiger partial charge in [-0.15, -0.1) is 0 Å². The van der Waals surface area contributed by atoms with Gasteiger partial charge in [-0.05, 0) is 0 Å². The third-order valence-electron chi connectivity index (χ3n) is 2.16. The van der Waals surface area contributed by atoms with Crippen LogP contribution >= 0.6 is 0 Å². The molecular formula is C11H17B. The summed E-state index contributed by atoms with van der Waals surface area (Å²) in [6.07, 6.45) is 5.44. The number of rotatable bonds is 5. The molecule has 0 radical (unpaired) electrons. The van der Waals surface area contributed by atoms with E-state index in [2.05, 4.69) is 37.3 Å². The summed E-state index contributed by atoms with van der Waals surface area (Å²) in [5.41, 5.74) is 1.48. The van der Waals surface area contributed by atoms with Crippen LogP contribution in [0.2, 0.25) is 6.32 Å². The fraction of sp³-hybridized carbons (Fsp3) is 0.455. The van der Waals surface area contributed by atoms with E-state index in [0.717, 1.165) is 0 Å². The van der Waals surface area contributed by atoms with Gasteiger partial charge in [-0.1, -0.05) is 68.3 Å². The Morgan fingerprint density at radius 3 is 2.50 bits per heavy atom. The van der Waals surface area contributed by atoms with E-state index < -0.39 is 0 Å². The van der Waals surface area contributed by atoms with Crippen molar-refractivity contribution in [1.29, 1.82) is 0 Å². The molecule has 1 heteroatoms. The lowest BCUT2D eigenvalue weighted by atomic mass is 9.66. The summed E-state index contributed by atoms with van der Waals surface area (Å²) >= 11 is 0. The van der Waals surface area contributed by atoms with Gasteiger partial charge in [0, 0.05) is 0 Å². The molecule has 0 heterocycles. The number of hydrogen-bond acceptors (Lipinski definition) is 0. The van der Waals surface area contributed by atoms with Crippen molar-refractivity contribution in [1.82, 2.24) is 0 Å². The summed E-state index contributed by atoms with van der Waals surface area (Å²) < 4.78 is 0. The van der Waals surface area contributed by atoms with E-state index in [1.807, 2.05) is 0 Å². The summed E-state index contributed by atoms with van der Waals surface area (Å²) in [7, 11) is 1.25. The van der Waals surface area contributed by atoms with E-state index in [0.29, 0.717) is 0 Å². The first-order valence-electron chi connectivity index (χ1n) is 4.97. The van der Waals surface area contributed by atoms with Gasteiger partial charge >= 0.3 is 0 Å². The Morgan fingerprint density at radius 2 is 1.83 bits per heavy atom. The molecule has 0 aromatic heterocycles. The number of hydrogen-bond donors (Lipinski definition) is 0. The Hall–Kier alpha value is -0.715. The maximum absolute atomic E-state index is 2.25. The van der Waals surface area contributed by atoms with Crippen LogP contribution in [0, 0.1) is 0 Å². The van der Waals surface area contributed by atoms with Gasteiger partial charge in [-0.3, -0.25) is 0 Å². The van der Waals surface area contributed by atoms with Gasteiger partial charge in [0.1, 0.15) is 0 Å². The largest absolute Gasteiger partial charge is 0.157 e. The Bertz CT molecular complexity index is 193. The van der Waals surface area contributed by atoms with E-state index in [1.165, 1.54) is 38.3 Å². The fourth-order valence-electron chi connectivity index (χ4n) is 1.40. The molecule has 0 fully saturated rings. The van der Waals surface area contributed by atoms with Crippen LogP contribution in [0.3, 0.4) is 0 Å². The van der Waals surface area contributed by atoms with Crippen LogP contribution in [0.15, 0.2) is 30.3 Å². The minimum Gasteiger partial charge on any atom is -0.0845 e. The first-order valence-corrected chi connectivity index (χ1v) is 4.97. The second-order valence-electron chi connectivity index (χ2n) is 3.30. The van der Waals surface area contributed by atoms with Crippen molar-refractivity contribution < 1.29 is 0 Å². The highest BCUT2D eigenvalue weighted by atomic mass is 13.8. The first-order chi connectivity index (χ1) is 5.93. The molecule has 64 valence electrons. The third kappa shape index (κ3) is 3.61. The van der Waals surface area contributed by atoms with Crippen LogP contribution in [0.1, 0.15) is 26.2 Å². The molecule has 0 saturated heterocycles. The molecule has 1 rings (SSSR count). The predicted octanol–water partition coefficient (Wildman–Crippen LogP) is 2.36. The standard InChI is InChI=1S/C11H17B/c1-2-3-7-10-12-11-8-5-4-6-9-11/h4-6,8-9,12H,2-3,7,10H2,1H3. The van der Waals surface area contributed by atoms with Gasteiger partial charge in [0.15, 0.2) is 7.28 Å². The average molecular weight is 160 g/mol. The van der Waals surface area contributed by atoms with Gasteiger partial charge in [-0.25, -0.2) is 0 Å². The minimum absolute atomic E-state index is 1.25. The van der Waals surface area contributed by atoms with Crippen molar-refractivity contribution in [2.75, 3.05) is 0 Å². The molecular weight excluding hydrogens is 143 g/mol. The zero-order valence-corrected chi connectivity index (χ0v) is 7.92. The van der Waals surface area contributed by atoms with Crippen molar-refractivity contribution >= 4 is 12.7 Å². The van der Waals surface area contributed by atoms with Crippen molar-refractivity contribution in [3.8, 4) is 0 Å². The maximum atomic E-state index is 2.25. The molecule has 0 nitrogen and oxygen atoms in total. The van der Waals surface area contributed by atoms with Gasteiger partial charge in [0.05, 0.1) is 0 Å². The lowest BCUT2D eigenvalue weighted by Gasteiger charge is -1.97. The van der Waals surface area contributed by atoms with E-state index in [1.54, 1.807) is 0 Å². The molecule has 0 atom stereocenters. The summed E-state index contributed by atoms with van der Waals surface area (Å²) in [5.74, 6) is 0. The summed E-state index contributed by atoms with van der Waals surface area (Å²) in [6, 6.07) is 10.7. The molecule has 0 aliphatic heterocycles. The van der Waals surface area contributed by atoms with E-state index in [9.17, 15) is 0 Å². The average Bonchev–Trinajstić information content (AvgIpc) is 2.14. The molecule has 0 bridgehead atoms. The van der Waals surface area contributed by atoms with Crippen LogP contribution in [0.25, 0.3) is 0 Å². The molecule has 0 amide bonds. The second-order valence-corrected chi connectivity index (χ2v) is 3.30. The highest BCUT2D eigenvalue weighted by molar-refractivity contribution is 6.53. The number of unbranched alkanes of at least 4 members (excludes halogenated alkanes) is 2. The van der Waals surface area contributed by atoms with Crippen LogP contribution in [-0.2, 0) is 0 Å². The Balaban J connectivity index is 2.16. The first kappa shape index (κ1) is 9.37. The topological polar surface area (TPSA) is 0 Å². The highest BCUT2D eigenvalue weighted by Gasteiger charge is 1.93. The minimum atomic E-state index is 1.25. The summed E-state index contributed by atoms with van der Waals surface area (Å²) in [6.45, 7) is 2.25. The van der Waals surface area contributed by atoms with Crippen molar-refractivity contribution in [3.63, 3.8) is 0 Å². The Labute approximate surface area is 76.2 Å². The molecule has 1 aromatic carbocycles. The van der Waals surface area contributed by atoms with Crippen LogP contribution in [0.5, 0.6) is 0 Å². The van der Waals surface area contributed by atoms with Gasteiger partial charge in [-0.2, -0.15) is 0 Å². The predicted molar refractivity (Wildman–Crippen MR) is 57.6 cm³/mol. The Morgan fingerprint density at radius 1 is 1.08 bits per heavy atom. The van der Waals surface area contributed by atoms with Crippen molar-refractivity contribution in [2.45, 2.75) is 32.5 Å². The zero-order valence-electron chi connectivity index (χ0n) is 7.92. The lowest BCUT2D eigenvalue weighted by molar-refractivity contribution is 0.769. The van der Waals surface area contributed by atoms with Crippen molar-refractivity contribution in [2.24, 2.45) is 0 Å². The van der Waals surface area contributed by atoms with Crippen molar-refractivity contribution in [3.05, 3.63) is 30.3 Å². The van der Waals surface area contributed by atoms with E-state index in [4.69, 9.17) is 0 Å². The summed E-state index contributed by atoms with van der Waals surface area (Å²) in [4.78, 5) is 0.